The molecule has 3 nitrogen and oxygen atoms in total. The van der Waals surface area contributed by atoms with Crippen LogP contribution in [0.3, 0.4) is 0 Å². The number of nitrogens with zero attached hydrogens (tertiary/aromatic N) is 2. The molecule has 0 unspecified atom stereocenters. The Morgan fingerprint density at radius 2 is 1.89 bits per heavy atom. The van der Waals surface area contributed by atoms with Crippen molar-refractivity contribution in [3.63, 3.8) is 0 Å². The average molecular weight is 377 g/mol. The first-order chi connectivity index (χ1) is 13.2. The molecule has 0 saturated heterocycles. The predicted octanol–water partition coefficient (Wildman–Crippen LogP) is 5.01. The van der Waals surface area contributed by atoms with E-state index < -0.39 is 0 Å². The fraction of sp³-hybridized carbons (Fsp3) is 0.217. The van der Waals surface area contributed by atoms with Crippen LogP contribution in [0.25, 0.3) is 10.8 Å². The predicted molar refractivity (Wildman–Crippen MR) is 116 cm³/mol. The zero-order chi connectivity index (χ0) is 19.2. The van der Waals surface area contributed by atoms with Crippen LogP contribution in [0.2, 0.25) is 0 Å². The highest BCUT2D eigenvalue weighted by Gasteiger charge is 2.17. The van der Waals surface area contributed by atoms with Crippen molar-refractivity contribution in [2.75, 3.05) is 5.75 Å². The van der Waals surface area contributed by atoms with Crippen molar-refractivity contribution in [2.45, 2.75) is 31.5 Å². The van der Waals surface area contributed by atoms with E-state index in [2.05, 4.69) is 59.1 Å². The van der Waals surface area contributed by atoms with Gasteiger partial charge in [-0.25, -0.2) is 0 Å². The van der Waals surface area contributed by atoms with Crippen LogP contribution in [-0.4, -0.2) is 15.3 Å². The summed E-state index contributed by atoms with van der Waals surface area (Å²) in [5, 5.41) is 3.16. The molecular formula is C23H24N2OS. The Morgan fingerprint density at radius 1 is 1.11 bits per heavy atom. The fourth-order valence-corrected chi connectivity index (χ4v) is 4.12. The molecule has 2 aromatic carbocycles. The van der Waals surface area contributed by atoms with Crippen LogP contribution in [0.5, 0.6) is 0 Å². The Kier molecular flexibility index (Phi) is 6.30. The highest BCUT2D eigenvalue weighted by Crippen LogP contribution is 2.25. The Morgan fingerprint density at radius 3 is 2.63 bits per heavy atom. The molecule has 0 N–H and O–H groups in total. The van der Waals surface area contributed by atoms with E-state index in [1.807, 2.05) is 25.1 Å². The Balaban J connectivity index is 2.19. The van der Waals surface area contributed by atoms with Crippen molar-refractivity contribution in [2.24, 2.45) is 0 Å². The summed E-state index contributed by atoms with van der Waals surface area (Å²) < 4.78 is 2.13. The molecule has 27 heavy (non-hydrogen) atoms. The average Bonchev–Trinajstić information content (AvgIpc) is 2.69. The topological polar surface area (TPSA) is 34.9 Å². The van der Waals surface area contributed by atoms with Gasteiger partial charge in [-0.2, -0.15) is 4.98 Å². The summed E-state index contributed by atoms with van der Waals surface area (Å²) in [6.45, 7) is 10.3. The number of fused-ring (bicyclic) bond motifs is 1. The molecule has 1 heterocycles. The molecule has 1 aromatic heterocycles. The molecule has 0 bridgehead atoms. The lowest BCUT2D eigenvalue weighted by molar-refractivity contribution is 0.627. The number of allylic oxidation sites excluding steroid dienone is 1. The Bertz CT molecular complexity index is 1030. The van der Waals surface area contributed by atoms with Crippen molar-refractivity contribution < 1.29 is 0 Å². The van der Waals surface area contributed by atoms with E-state index >= 15 is 0 Å². The molecule has 3 rings (SSSR count). The third kappa shape index (κ3) is 4.06. The lowest BCUT2D eigenvalue weighted by Gasteiger charge is -2.19. The number of hydrogen-bond donors (Lipinski definition) is 0. The van der Waals surface area contributed by atoms with Crippen molar-refractivity contribution in [1.29, 1.82) is 0 Å². The van der Waals surface area contributed by atoms with Gasteiger partial charge in [0, 0.05) is 30.0 Å². The van der Waals surface area contributed by atoms with Gasteiger partial charge >= 0.3 is 0 Å². The summed E-state index contributed by atoms with van der Waals surface area (Å²) in [7, 11) is 0. The number of rotatable bonds is 8. The third-order valence-electron chi connectivity index (χ3n) is 4.59. The first kappa shape index (κ1) is 19.2. The summed E-state index contributed by atoms with van der Waals surface area (Å²) in [5.74, 6) is 0.711. The van der Waals surface area contributed by atoms with Crippen LogP contribution in [0, 0.1) is 0 Å². The van der Waals surface area contributed by atoms with E-state index in [1.165, 1.54) is 28.1 Å². The molecule has 3 aromatic rings. The molecule has 0 amide bonds. The molecule has 0 atom stereocenters. The van der Waals surface area contributed by atoms with Gasteiger partial charge < -0.3 is 4.57 Å². The summed E-state index contributed by atoms with van der Waals surface area (Å²) in [4.78, 5) is 17.0. The highest BCUT2D eigenvalue weighted by molar-refractivity contribution is 7.99. The van der Waals surface area contributed by atoms with Crippen molar-refractivity contribution >= 4 is 22.5 Å². The largest absolute Gasteiger partial charge is 0.320 e. The number of benzene rings is 2. The van der Waals surface area contributed by atoms with Gasteiger partial charge in [-0.1, -0.05) is 73.3 Å². The fourth-order valence-electron chi connectivity index (χ4n) is 3.36. The molecule has 0 fully saturated rings. The second-order valence-electron chi connectivity index (χ2n) is 6.29. The minimum absolute atomic E-state index is 0.125. The maximum absolute atomic E-state index is 12.7. The van der Waals surface area contributed by atoms with Gasteiger partial charge in [-0.15, -0.1) is 13.2 Å². The van der Waals surface area contributed by atoms with Gasteiger partial charge in [0.25, 0.3) is 5.56 Å². The molecule has 0 saturated carbocycles. The summed E-state index contributed by atoms with van der Waals surface area (Å²) in [5.41, 5.74) is 2.90. The Hall–Kier alpha value is -2.59. The standard InChI is InChI=1S/C23H24N2OS/c1-4-14-25-21(19(6-3)22(26)24-23(25)27-15-5-2)16-18-12-9-11-17-10-7-8-13-20(17)18/h4-5,7-13H,1-2,6,14-16H2,3H3. The molecular weight excluding hydrogens is 352 g/mol. The van der Waals surface area contributed by atoms with Crippen LogP contribution < -0.4 is 5.56 Å². The van der Waals surface area contributed by atoms with Crippen LogP contribution in [0.1, 0.15) is 23.7 Å². The normalized spacial score (nSPS) is 10.9. The van der Waals surface area contributed by atoms with Crippen LogP contribution in [0.4, 0.5) is 0 Å². The second-order valence-corrected chi connectivity index (χ2v) is 7.28. The molecule has 0 spiro atoms. The summed E-state index contributed by atoms with van der Waals surface area (Å²) in [6, 6.07) is 14.7. The van der Waals surface area contributed by atoms with Gasteiger partial charge in [0.2, 0.25) is 0 Å². The number of aromatic nitrogens is 2. The quantitative estimate of drug-likeness (QED) is 0.315. The molecule has 4 heteroatoms. The molecule has 138 valence electrons. The second kappa shape index (κ2) is 8.87. The van der Waals surface area contributed by atoms with Gasteiger partial charge in [0.05, 0.1) is 0 Å². The van der Waals surface area contributed by atoms with E-state index in [0.717, 1.165) is 16.4 Å². The maximum atomic E-state index is 12.7. The SMILES string of the molecule is C=CCSc1nc(=O)c(CC)c(Cc2cccc3ccccc23)n1CC=C. The van der Waals surface area contributed by atoms with Crippen LogP contribution in [0.15, 0.2) is 77.7 Å². The lowest BCUT2D eigenvalue weighted by Crippen LogP contribution is -2.24. The third-order valence-corrected chi connectivity index (χ3v) is 5.57. The monoisotopic (exact) mass is 376 g/mol. The number of hydrogen-bond acceptors (Lipinski definition) is 3. The van der Waals surface area contributed by atoms with E-state index in [0.29, 0.717) is 25.1 Å². The maximum Gasteiger partial charge on any atom is 0.277 e. The van der Waals surface area contributed by atoms with Crippen LogP contribution >= 0.6 is 11.8 Å². The van der Waals surface area contributed by atoms with Crippen molar-refractivity contribution in [3.8, 4) is 0 Å². The molecule has 0 aliphatic rings. The first-order valence-electron chi connectivity index (χ1n) is 9.13. The van der Waals surface area contributed by atoms with Crippen molar-refractivity contribution in [1.82, 2.24) is 9.55 Å². The molecule has 0 radical (unpaired) electrons. The highest BCUT2D eigenvalue weighted by atomic mass is 32.2. The van der Waals surface area contributed by atoms with E-state index in [4.69, 9.17) is 0 Å². The summed E-state index contributed by atoms with van der Waals surface area (Å²) in [6.07, 6.45) is 5.04. The molecule has 0 aliphatic heterocycles. The smallest absolute Gasteiger partial charge is 0.277 e. The minimum atomic E-state index is -0.125. The minimum Gasteiger partial charge on any atom is -0.320 e. The van der Waals surface area contributed by atoms with Gasteiger partial charge in [0.15, 0.2) is 5.16 Å². The first-order valence-corrected chi connectivity index (χ1v) is 10.1. The lowest BCUT2D eigenvalue weighted by atomic mass is 9.98. The van der Waals surface area contributed by atoms with E-state index in [9.17, 15) is 4.79 Å². The van der Waals surface area contributed by atoms with Gasteiger partial charge in [-0.05, 0) is 22.8 Å². The van der Waals surface area contributed by atoms with E-state index in [-0.39, 0.29) is 5.56 Å². The van der Waals surface area contributed by atoms with Crippen molar-refractivity contribution in [3.05, 3.63) is 94.9 Å². The molecule has 0 aliphatic carbocycles. The Labute approximate surface area is 164 Å². The zero-order valence-electron chi connectivity index (χ0n) is 15.6. The summed E-state index contributed by atoms with van der Waals surface area (Å²) >= 11 is 1.53. The zero-order valence-corrected chi connectivity index (χ0v) is 16.5. The number of thioether (sulfide) groups is 1. The van der Waals surface area contributed by atoms with Gasteiger partial charge in [-0.3, -0.25) is 4.79 Å². The van der Waals surface area contributed by atoms with E-state index in [1.54, 1.807) is 0 Å². The van der Waals surface area contributed by atoms with Gasteiger partial charge in [0.1, 0.15) is 0 Å². The van der Waals surface area contributed by atoms with Crippen LogP contribution in [-0.2, 0) is 19.4 Å².